The molecule has 0 fully saturated rings. The van der Waals surface area contributed by atoms with E-state index in [0.29, 0.717) is 0 Å². The van der Waals surface area contributed by atoms with E-state index in [1.165, 1.54) is 57.8 Å². The van der Waals surface area contributed by atoms with Crippen molar-refractivity contribution >= 4 is 0 Å². The molecule has 0 heterocycles. The molecule has 1 aliphatic carbocycles. The summed E-state index contributed by atoms with van der Waals surface area (Å²) in [4.78, 5) is 0. The summed E-state index contributed by atoms with van der Waals surface area (Å²) < 4.78 is 0. The van der Waals surface area contributed by atoms with Gasteiger partial charge in [0.1, 0.15) is 0 Å². The smallest absolute Gasteiger partial charge is 0.0117 e. The highest BCUT2D eigenvalue weighted by Gasteiger charge is 2.31. The fourth-order valence-corrected chi connectivity index (χ4v) is 3.13. The highest BCUT2D eigenvalue weighted by atomic mass is 14.4. The lowest BCUT2D eigenvalue weighted by Crippen LogP contribution is -2.10. The van der Waals surface area contributed by atoms with Crippen molar-refractivity contribution in [1.82, 2.24) is 0 Å². The Morgan fingerprint density at radius 2 is 1.32 bits per heavy atom. The van der Waals surface area contributed by atoms with Crippen LogP contribution in [0.3, 0.4) is 0 Å². The Kier molecular flexibility index (Phi) is 6.89. The minimum Gasteiger partial charge on any atom is -0.0654 e. The number of rotatable bonds is 9. The van der Waals surface area contributed by atoms with Crippen molar-refractivity contribution in [3.8, 4) is 0 Å². The van der Waals surface area contributed by atoms with Crippen molar-refractivity contribution in [2.45, 2.75) is 92.4 Å². The summed E-state index contributed by atoms with van der Waals surface area (Å²) in [5, 5.41) is 0. The molecule has 1 radical (unpaired) electrons. The van der Waals surface area contributed by atoms with Crippen LogP contribution in [0.5, 0.6) is 0 Å². The van der Waals surface area contributed by atoms with Crippen LogP contribution in [0.25, 0.3) is 0 Å². The average Bonchev–Trinajstić information content (AvgIpc) is 2.61. The molecule has 0 aromatic rings. The first-order valence-corrected chi connectivity index (χ1v) is 8.43. The second-order valence-electron chi connectivity index (χ2n) is 6.50. The number of hydrogen-bond donors (Lipinski definition) is 0. The predicted molar refractivity (Wildman–Crippen MR) is 86.1 cm³/mol. The SMILES string of the molecule is CCCCC1=[C]C(C)(C)C(CCCC)=C1CCCC. The molecule has 109 valence electrons. The summed E-state index contributed by atoms with van der Waals surface area (Å²) in [6, 6.07) is 0. The van der Waals surface area contributed by atoms with Gasteiger partial charge in [-0.1, -0.05) is 59.5 Å². The van der Waals surface area contributed by atoms with Crippen LogP contribution in [0.4, 0.5) is 0 Å². The molecule has 0 saturated carbocycles. The summed E-state index contributed by atoms with van der Waals surface area (Å²) in [5.74, 6) is 0. The summed E-state index contributed by atoms with van der Waals surface area (Å²) in [7, 11) is 0. The molecule has 0 unspecified atom stereocenters. The first-order valence-electron chi connectivity index (χ1n) is 8.43. The molecule has 0 saturated heterocycles. The van der Waals surface area contributed by atoms with Gasteiger partial charge in [0.15, 0.2) is 0 Å². The van der Waals surface area contributed by atoms with E-state index in [0.717, 1.165) is 0 Å². The van der Waals surface area contributed by atoms with Crippen molar-refractivity contribution in [2.24, 2.45) is 5.41 Å². The largest absolute Gasteiger partial charge is 0.0654 e. The lowest BCUT2D eigenvalue weighted by Gasteiger charge is -2.22. The fourth-order valence-electron chi connectivity index (χ4n) is 3.13. The van der Waals surface area contributed by atoms with Crippen LogP contribution in [0.1, 0.15) is 92.4 Å². The summed E-state index contributed by atoms with van der Waals surface area (Å²) >= 11 is 0. The zero-order valence-corrected chi connectivity index (χ0v) is 13.9. The third-order valence-corrected chi connectivity index (χ3v) is 4.29. The van der Waals surface area contributed by atoms with Crippen molar-refractivity contribution in [3.63, 3.8) is 0 Å². The van der Waals surface area contributed by atoms with Crippen LogP contribution in [0.15, 0.2) is 16.7 Å². The summed E-state index contributed by atoms with van der Waals surface area (Å²) in [6.07, 6.45) is 15.5. The summed E-state index contributed by atoms with van der Waals surface area (Å²) in [5.41, 5.74) is 5.15. The van der Waals surface area contributed by atoms with E-state index in [1.54, 1.807) is 16.7 Å². The second kappa shape index (κ2) is 7.92. The Morgan fingerprint density at radius 3 is 1.89 bits per heavy atom. The van der Waals surface area contributed by atoms with Crippen molar-refractivity contribution in [1.29, 1.82) is 0 Å². The van der Waals surface area contributed by atoms with E-state index in [4.69, 9.17) is 0 Å². The molecule has 1 rings (SSSR count). The molecular weight excluding hydrogens is 228 g/mol. The van der Waals surface area contributed by atoms with Crippen molar-refractivity contribution in [2.75, 3.05) is 0 Å². The Morgan fingerprint density at radius 1 is 0.789 bits per heavy atom. The minimum atomic E-state index is 0.196. The van der Waals surface area contributed by atoms with E-state index in [1.807, 2.05) is 0 Å². The fraction of sp³-hybridized carbons (Fsp3) is 0.789. The zero-order chi connectivity index (χ0) is 14.3. The monoisotopic (exact) mass is 261 g/mol. The lowest BCUT2D eigenvalue weighted by molar-refractivity contribution is 0.528. The Hall–Kier alpha value is -0.520. The second-order valence-corrected chi connectivity index (χ2v) is 6.50. The Labute approximate surface area is 121 Å². The van der Waals surface area contributed by atoms with E-state index in [9.17, 15) is 0 Å². The van der Waals surface area contributed by atoms with E-state index >= 15 is 0 Å². The maximum absolute atomic E-state index is 3.83. The van der Waals surface area contributed by atoms with Gasteiger partial charge in [0.2, 0.25) is 0 Å². The third kappa shape index (κ3) is 4.51. The van der Waals surface area contributed by atoms with Gasteiger partial charge in [0.05, 0.1) is 0 Å². The molecule has 0 spiro atoms. The average molecular weight is 261 g/mol. The van der Waals surface area contributed by atoms with Gasteiger partial charge in [0.25, 0.3) is 0 Å². The standard InChI is InChI=1S/C19H33/c1-6-9-12-16-15-19(4,5)18(14-11-8-3)17(16)13-10-7-2/h6-14H2,1-5H3. The molecule has 0 nitrogen and oxygen atoms in total. The predicted octanol–water partition coefficient (Wildman–Crippen LogP) is 6.62. The van der Waals surface area contributed by atoms with Gasteiger partial charge in [0, 0.05) is 5.41 Å². The molecule has 0 N–H and O–H groups in total. The van der Waals surface area contributed by atoms with Crippen LogP contribution in [0, 0.1) is 11.5 Å². The number of allylic oxidation sites excluding steroid dienone is 4. The maximum atomic E-state index is 3.83. The zero-order valence-electron chi connectivity index (χ0n) is 13.9. The molecule has 0 aliphatic heterocycles. The van der Waals surface area contributed by atoms with Crippen molar-refractivity contribution in [3.05, 3.63) is 22.8 Å². The van der Waals surface area contributed by atoms with Crippen LogP contribution in [-0.4, -0.2) is 0 Å². The number of hydrogen-bond acceptors (Lipinski definition) is 0. The molecule has 19 heavy (non-hydrogen) atoms. The first kappa shape index (κ1) is 16.5. The molecule has 1 aliphatic rings. The molecule has 0 amide bonds. The van der Waals surface area contributed by atoms with E-state index in [-0.39, 0.29) is 5.41 Å². The lowest BCUT2D eigenvalue weighted by atomic mass is 9.82. The molecule has 0 aromatic heterocycles. The normalized spacial score (nSPS) is 18.1. The van der Waals surface area contributed by atoms with Crippen LogP contribution in [-0.2, 0) is 0 Å². The topological polar surface area (TPSA) is 0 Å². The van der Waals surface area contributed by atoms with Gasteiger partial charge < -0.3 is 0 Å². The quantitative estimate of drug-likeness (QED) is 0.437. The molecule has 0 bridgehead atoms. The van der Waals surface area contributed by atoms with Crippen LogP contribution in [0.2, 0.25) is 0 Å². The Bertz CT molecular complexity index is 328. The maximum Gasteiger partial charge on any atom is 0.0117 e. The molecule has 0 aromatic carbocycles. The van der Waals surface area contributed by atoms with E-state index < -0.39 is 0 Å². The highest BCUT2D eigenvalue weighted by molar-refractivity contribution is 5.45. The van der Waals surface area contributed by atoms with Crippen LogP contribution < -0.4 is 0 Å². The molecular formula is C19H33. The minimum absolute atomic E-state index is 0.196. The van der Waals surface area contributed by atoms with Gasteiger partial charge in [-0.15, -0.1) is 0 Å². The molecule has 0 heteroatoms. The van der Waals surface area contributed by atoms with E-state index in [2.05, 4.69) is 40.7 Å². The van der Waals surface area contributed by atoms with Gasteiger partial charge in [-0.2, -0.15) is 0 Å². The first-order chi connectivity index (χ1) is 9.06. The summed E-state index contributed by atoms with van der Waals surface area (Å²) in [6.45, 7) is 11.6. The molecule has 0 atom stereocenters. The van der Waals surface area contributed by atoms with Crippen LogP contribution >= 0.6 is 0 Å². The van der Waals surface area contributed by atoms with Gasteiger partial charge in [-0.25, -0.2) is 0 Å². The highest BCUT2D eigenvalue weighted by Crippen LogP contribution is 2.45. The Balaban J connectivity index is 2.92. The van der Waals surface area contributed by atoms with Gasteiger partial charge >= 0.3 is 0 Å². The van der Waals surface area contributed by atoms with Gasteiger partial charge in [-0.05, 0) is 55.7 Å². The third-order valence-electron chi connectivity index (χ3n) is 4.29. The number of unbranched alkanes of at least 4 members (excludes halogenated alkanes) is 3. The van der Waals surface area contributed by atoms with Gasteiger partial charge in [-0.3, -0.25) is 0 Å². The van der Waals surface area contributed by atoms with Crippen molar-refractivity contribution < 1.29 is 0 Å².